The summed E-state index contributed by atoms with van der Waals surface area (Å²) in [6, 6.07) is 3.68. The lowest BCUT2D eigenvalue weighted by atomic mass is 10.3. The second kappa shape index (κ2) is 4.56. The number of pyridine rings is 1. The minimum absolute atomic E-state index is 0.452. The van der Waals surface area contributed by atoms with Gasteiger partial charge in [0.25, 0.3) is 5.88 Å². The maximum atomic E-state index is 5.83. The highest BCUT2D eigenvalue weighted by Gasteiger charge is 2.10. The molecule has 0 saturated carbocycles. The fourth-order valence-electron chi connectivity index (χ4n) is 1.77. The van der Waals surface area contributed by atoms with Gasteiger partial charge in [-0.1, -0.05) is 0 Å². The van der Waals surface area contributed by atoms with E-state index in [4.69, 9.17) is 4.74 Å². The smallest absolute Gasteiger partial charge is 0.265 e. The molecule has 0 amide bonds. The van der Waals surface area contributed by atoms with Crippen LogP contribution in [0, 0.1) is 6.92 Å². The highest BCUT2D eigenvalue weighted by atomic mass is 16.5. The maximum absolute atomic E-state index is 5.83. The van der Waals surface area contributed by atoms with Crippen molar-refractivity contribution in [3.63, 3.8) is 0 Å². The standard InChI is InChI=1S/C13H13N5O/c1-9-10(4-3-5-15-9)19-13-12-16-6-7-18(12)8-11(14-2)17-13/h3-8,14H,1-2H3. The number of hydrogen-bond donors (Lipinski definition) is 1. The SMILES string of the molecule is CNc1cn2ccnc2c(Oc2cccnc2C)n1. The molecule has 0 aliphatic carbocycles. The Morgan fingerprint density at radius 3 is 2.95 bits per heavy atom. The van der Waals surface area contributed by atoms with E-state index < -0.39 is 0 Å². The van der Waals surface area contributed by atoms with Crippen LogP contribution in [-0.2, 0) is 0 Å². The van der Waals surface area contributed by atoms with Gasteiger partial charge in [0, 0.05) is 25.6 Å². The number of rotatable bonds is 3. The van der Waals surface area contributed by atoms with Crippen LogP contribution in [0.5, 0.6) is 11.6 Å². The minimum Gasteiger partial charge on any atom is -0.434 e. The van der Waals surface area contributed by atoms with Crippen molar-refractivity contribution in [1.82, 2.24) is 19.4 Å². The van der Waals surface area contributed by atoms with Crippen molar-refractivity contribution in [3.05, 3.63) is 42.6 Å². The first kappa shape index (κ1) is 11.5. The molecule has 0 aliphatic heterocycles. The molecular weight excluding hydrogens is 242 g/mol. The highest BCUT2D eigenvalue weighted by molar-refractivity contribution is 5.55. The molecule has 0 aromatic carbocycles. The summed E-state index contributed by atoms with van der Waals surface area (Å²) in [4.78, 5) is 12.8. The van der Waals surface area contributed by atoms with Gasteiger partial charge in [0.05, 0.1) is 11.9 Å². The Morgan fingerprint density at radius 2 is 2.16 bits per heavy atom. The molecule has 3 rings (SSSR count). The average Bonchev–Trinajstić information content (AvgIpc) is 2.89. The van der Waals surface area contributed by atoms with Crippen molar-refractivity contribution >= 4 is 11.5 Å². The molecule has 19 heavy (non-hydrogen) atoms. The lowest BCUT2D eigenvalue weighted by Crippen LogP contribution is -2.00. The largest absolute Gasteiger partial charge is 0.434 e. The second-order valence-corrected chi connectivity index (χ2v) is 4.03. The number of nitrogens with zero attached hydrogens (tertiary/aromatic N) is 4. The van der Waals surface area contributed by atoms with E-state index in [1.165, 1.54) is 0 Å². The number of ether oxygens (including phenoxy) is 1. The lowest BCUT2D eigenvalue weighted by molar-refractivity contribution is 0.459. The van der Waals surface area contributed by atoms with Crippen LogP contribution < -0.4 is 10.1 Å². The molecule has 0 bridgehead atoms. The zero-order valence-electron chi connectivity index (χ0n) is 10.7. The average molecular weight is 255 g/mol. The summed E-state index contributed by atoms with van der Waals surface area (Å²) < 4.78 is 7.69. The zero-order valence-corrected chi connectivity index (χ0v) is 10.7. The minimum atomic E-state index is 0.452. The Hall–Kier alpha value is -2.63. The molecule has 6 nitrogen and oxygen atoms in total. The van der Waals surface area contributed by atoms with Crippen molar-refractivity contribution in [3.8, 4) is 11.6 Å². The summed E-state index contributed by atoms with van der Waals surface area (Å²) in [7, 11) is 1.81. The molecule has 0 atom stereocenters. The van der Waals surface area contributed by atoms with Crippen LogP contribution >= 0.6 is 0 Å². The first-order valence-electron chi connectivity index (χ1n) is 5.89. The monoisotopic (exact) mass is 255 g/mol. The number of imidazole rings is 1. The number of hydrogen-bond acceptors (Lipinski definition) is 5. The number of anilines is 1. The quantitative estimate of drug-likeness (QED) is 0.777. The van der Waals surface area contributed by atoms with Crippen LogP contribution in [-0.4, -0.2) is 26.4 Å². The Labute approximate surface area is 110 Å². The summed E-state index contributed by atoms with van der Waals surface area (Å²) in [5.74, 6) is 1.84. The predicted octanol–water partition coefficient (Wildman–Crippen LogP) is 2.27. The van der Waals surface area contributed by atoms with Crippen molar-refractivity contribution < 1.29 is 4.74 Å². The van der Waals surface area contributed by atoms with Crippen LogP contribution in [0.1, 0.15) is 5.69 Å². The number of aromatic nitrogens is 4. The van der Waals surface area contributed by atoms with Crippen molar-refractivity contribution in [1.29, 1.82) is 0 Å². The van der Waals surface area contributed by atoms with Gasteiger partial charge in [0.2, 0.25) is 5.65 Å². The first-order valence-corrected chi connectivity index (χ1v) is 5.89. The predicted molar refractivity (Wildman–Crippen MR) is 71.6 cm³/mol. The van der Waals surface area contributed by atoms with Gasteiger partial charge in [-0.3, -0.25) is 9.38 Å². The van der Waals surface area contributed by atoms with E-state index >= 15 is 0 Å². The van der Waals surface area contributed by atoms with Gasteiger partial charge in [-0.15, -0.1) is 0 Å². The van der Waals surface area contributed by atoms with Crippen LogP contribution in [0.4, 0.5) is 5.82 Å². The molecule has 0 spiro atoms. The Bertz CT molecular complexity index is 722. The normalized spacial score (nSPS) is 10.6. The molecule has 6 heteroatoms. The van der Waals surface area contributed by atoms with E-state index in [0.29, 0.717) is 23.1 Å². The summed E-state index contributed by atoms with van der Waals surface area (Å²) in [5.41, 5.74) is 1.48. The second-order valence-electron chi connectivity index (χ2n) is 4.03. The Morgan fingerprint density at radius 1 is 1.26 bits per heavy atom. The number of aryl methyl sites for hydroxylation is 1. The Balaban J connectivity index is 2.09. The van der Waals surface area contributed by atoms with Crippen LogP contribution in [0.2, 0.25) is 0 Å². The van der Waals surface area contributed by atoms with Crippen LogP contribution in [0.3, 0.4) is 0 Å². The molecule has 3 aromatic heterocycles. The summed E-state index contributed by atoms with van der Waals surface area (Å²) >= 11 is 0. The third kappa shape index (κ3) is 2.08. The molecule has 0 saturated heterocycles. The van der Waals surface area contributed by atoms with E-state index in [1.54, 1.807) is 12.4 Å². The third-order valence-electron chi connectivity index (χ3n) is 2.76. The fourth-order valence-corrected chi connectivity index (χ4v) is 1.77. The fraction of sp³-hybridized carbons (Fsp3) is 0.154. The molecule has 0 unspecified atom stereocenters. The zero-order chi connectivity index (χ0) is 13.2. The molecule has 1 N–H and O–H groups in total. The molecule has 96 valence electrons. The molecule has 0 fully saturated rings. The van der Waals surface area contributed by atoms with Crippen LogP contribution in [0.15, 0.2) is 36.9 Å². The summed E-state index contributed by atoms with van der Waals surface area (Å²) in [6.07, 6.45) is 7.14. The molecular formula is C13H13N5O. The Kier molecular flexibility index (Phi) is 2.75. The number of nitrogens with one attached hydrogen (secondary N) is 1. The molecule has 3 heterocycles. The van der Waals surface area contributed by atoms with Crippen LogP contribution in [0.25, 0.3) is 5.65 Å². The lowest BCUT2D eigenvalue weighted by Gasteiger charge is -2.09. The van der Waals surface area contributed by atoms with E-state index in [9.17, 15) is 0 Å². The third-order valence-corrected chi connectivity index (χ3v) is 2.76. The van der Waals surface area contributed by atoms with E-state index in [-0.39, 0.29) is 0 Å². The van der Waals surface area contributed by atoms with Gasteiger partial charge >= 0.3 is 0 Å². The molecule has 0 radical (unpaired) electrons. The molecule has 0 aliphatic rings. The summed E-state index contributed by atoms with van der Waals surface area (Å²) in [6.45, 7) is 1.89. The van der Waals surface area contributed by atoms with Crippen molar-refractivity contribution in [2.45, 2.75) is 6.92 Å². The van der Waals surface area contributed by atoms with Gasteiger partial charge in [-0.05, 0) is 19.1 Å². The topological polar surface area (TPSA) is 64.3 Å². The van der Waals surface area contributed by atoms with Gasteiger partial charge < -0.3 is 10.1 Å². The highest BCUT2D eigenvalue weighted by Crippen LogP contribution is 2.26. The van der Waals surface area contributed by atoms with Gasteiger partial charge in [-0.2, -0.15) is 4.98 Å². The van der Waals surface area contributed by atoms with Crippen molar-refractivity contribution in [2.24, 2.45) is 0 Å². The van der Waals surface area contributed by atoms with Gasteiger partial charge in [0.15, 0.2) is 5.75 Å². The van der Waals surface area contributed by atoms with E-state index in [2.05, 4.69) is 20.3 Å². The maximum Gasteiger partial charge on any atom is 0.265 e. The summed E-state index contributed by atoms with van der Waals surface area (Å²) in [5, 5.41) is 2.99. The van der Waals surface area contributed by atoms with Gasteiger partial charge in [0.1, 0.15) is 5.82 Å². The van der Waals surface area contributed by atoms with Gasteiger partial charge in [-0.25, -0.2) is 4.98 Å². The molecule has 3 aromatic rings. The van der Waals surface area contributed by atoms with E-state index in [0.717, 1.165) is 5.69 Å². The van der Waals surface area contributed by atoms with Crippen molar-refractivity contribution in [2.75, 3.05) is 12.4 Å². The number of fused-ring (bicyclic) bond motifs is 1. The van der Waals surface area contributed by atoms with E-state index in [1.807, 2.05) is 42.9 Å². The first-order chi connectivity index (χ1) is 9.28.